The number of carboxylic acids is 2. The SMILES string of the molecule is O=C(O)Cc1csc(SC2=C(C(=O)O)N3C(=O)[C@@H](NC(=O)Cc4cccs4)[C@@H]3SC2)n1. The Balaban J connectivity index is 1.47. The zero-order valence-corrected chi connectivity index (χ0v) is 18.9. The van der Waals surface area contributed by atoms with Crippen LogP contribution in [-0.2, 0) is 32.0 Å². The van der Waals surface area contributed by atoms with Gasteiger partial charge >= 0.3 is 11.9 Å². The number of thiophene rings is 1. The maximum atomic E-state index is 12.7. The van der Waals surface area contributed by atoms with Gasteiger partial charge in [-0.1, -0.05) is 17.8 Å². The number of carbonyl (C=O) groups excluding carboxylic acids is 2. The van der Waals surface area contributed by atoms with Crippen LogP contribution < -0.4 is 5.32 Å². The van der Waals surface area contributed by atoms with Gasteiger partial charge in [0.2, 0.25) is 5.91 Å². The summed E-state index contributed by atoms with van der Waals surface area (Å²) in [5.41, 5.74) is 0.282. The fourth-order valence-electron chi connectivity index (χ4n) is 3.14. The number of carbonyl (C=O) groups is 4. The summed E-state index contributed by atoms with van der Waals surface area (Å²) in [5, 5.41) is 24.3. The summed E-state index contributed by atoms with van der Waals surface area (Å²) in [4.78, 5) is 54.5. The van der Waals surface area contributed by atoms with Gasteiger partial charge < -0.3 is 15.5 Å². The number of fused-ring (bicyclic) bond motifs is 1. The summed E-state index contributed by atoms with van der Waals surface area (Å²) < 4.78 is 0.512. The number of carboxylic acid groups (broad SMARTS) is 2. The molecule has 0 aliphatic carbocycles. The molecule has 0 unspecified atom stereocenters. The molecule has 2 aliphatic heterocycles. The van der Waals surface area contributed by atoms with Crippen molar-refractivity contribution in [1.29, 1.82) is 0 Å². The summed E-state index contributed by atoms with van der Waals surface area (Å²) in [5.74, 6) is -2.63. The molecule has 4 rings (SSSR count). The van der Waals surface area contributed by atoms with Crippen LogP contribution in [-0.4, -0.2) is 61.0 Å². The summed E-state index contributed by atoms with van der Waals surface area (Å²) in [6, 6.07) is 2.92. The molecule has 0 bridgehead atoms. The zero-order valence-electron chi connectivity index (χ0n) is 15.6. The number of aromatic nitrogens is 1. The lowest BCUT2D eigenvalue weighted by molar-refractivity contribution is -0.150. The van der Waals surface area contributed by atoms with Crippen molar-refractivity contribution in [3.63, 3.8) is 0 Å². The Labute approximate surface area is 192 Å². The van der Waals surface area contributed by atoms with Crippen molar-refractivity contribution in [2.45, 2.75) is 28.6 Å². The van der Waals surface area contributed by atoms with E-state index >= 15 is 0 Å². The second-order valence-corrected chi connectivity index (χ2v) is 10.9. The lowest BCUT2D eigenvalue weighted by atomic mass is 10.0. The zero-order chi connectivity index (χ0) is 22.1. The second-order valence-electron chi connectivity index (χ2n) is 6.57. The van der Waals surface area contributed by atoms with E-state index in [1.807, 2.05) is 17.5 Å². The minimum atomic E-state index is -1.23. The first kappa shape index (κ1) is 21.9. The summed E-state index contributed by atoms with van der Waals surface area (Å²) >= 11 is 5.17. The third-order valence-electron chi connectivity index (χ3n) is 4.44. The first-order chi connectivity index (χ1) is 14.8. The molecular weight excluding hydrogens is 482 g/mol. The van der Waals surface area contributed by atoms with E-state index in [0.29, 0.717) is 20.7 Å². The summed E-state index contributed by atoms with van der Waals surface area (Å²) in [6.07, 6.45) is -0.0412. The number of β-lactam (4-membered cyclic amide) rings is 1. The average molecular weight is 498 g/mol. The predicted molar refractivity (Wildman–Crippen MR) is 117 cm³/mol. The molecule has 2 atom stereocenters. The number of rotatable bonds is 8. The topological polar surface area (TPSA) is 137 Å². The van der Waals surface area contributed by atoms with Gasteiger partial charge in [0.15, 0.2) is 4.34 Å². The number of thioether (sulfide) groups is 2. The minimum Gasteiger partial charge on any atom is -0.481 e. The van der Waals surface area contributed by atoms with E-state index in [1.165, 1.54) is 39.3 Å². The Bertz CT molecular complexity index is 1080. The van der Waals surface area contributed by atoms with Crippen molar-refractivity contribution in [3.05, 3.63) is 44.1 Å². The fourth-order valence-corrected chi connectivity index (χ4v) is 7.32. The standard InChI is InChI=1S/C18H15N3O6S4/c22-11(5-9-2-1-3-28-9)20-13-15(25)21-14(17(26)27)10(7-29-16(13)21)31-18-19-8(6-30-18)4-12(23)24/h1-3,6,13,16H,4-5,7H2,(H,20,22)(H,23,24)(H,26,27)/t13-,16+/m1/s1. The Kier molecular flexibility index (Phi) is 6.36. The van der Waals surface area contributed by atoms with Gasteiger partial charge in [-0.3, -0.25) is 19.3 Å². The average Bonchev–Trinajstić information content (AvgIpc) is 3.37. The first-order valence-electron chi connectivity index (χ1n) is 8.90. The molecule has 0 spiro atoms. The van der Waals surface area contributed by atoms with Gasteiger partial charge in [0.05, 0.1) is 18.5 Å². The molecule has 3 N–H and O–H groups in total. The van der Waals surface area contributed by atoms with Crippen LogP contribution >= 0.6 is 46.2 Å². The van der Waals surface area contributed by atoms with Crippen molar-refractivity contribution in [1.82, 2.24) is 15.2 Å². The molecule has 162 valence electrons. The normalized spacial score (nSPS) is 20.3. The van der Waals surface area contributed by atoms with Gasteiger partial charge in [-0.25, -0.2) is 9.78 Å². The number of thiazole rings is 1. The third-order valence-corrected chi connectivity index (χ3v) is 8.85. The smallest absolute Gasteiger partial charge is 0.353 e. The lowest BCUT2D eigenvalue weighted by Crippen LogP contribution is -2.70. The van der Waals surface area contributed by atoms with E-state index in [0.717, 1.165) is 16.6 Å². The highest BCUT2D eigenvalue weighted by Gasteiger charge is 2.54. The first-order valence-corrected chi connectivity index (χ1v) is 12.5. The van der Waals surface area contributed by atoms with Gasteiger partial charge in [-0.05, 0) is 11.4 Å². The lowest BCUT2D eigenvalue weighted by Gasteiger charge is -2.49. The molecule has 2 aromatic rings. The minimum absolute atomic E-state index is 0.113. The Hall–Kier alpha value is -2.35. The van der Waals surface area contributed by atoms with Crippen LogP contribution in [0.3, 0.4) is 0 Å². The van der Waals surface area contributed by atoms with E-state index in [1.54, 1.807) is 5.38 Å². The van der Waals surface area contributed by atoms with E-state index in [-0.39, 0.29) is 24.4 Å². The monoisotopic (exact) mass is 497 g/mol. The summed E-state index contributed by atoms with van der Waals surface area (Å²) in [6.45, 7) is 0. The highest BCUT2D eigenvalue weighted by Crippen LogP contribution is 2.45. The highest BCUT2D eigenvalue weighted by atomic mass is 32.2. The number of nitrogens with zero attached hydrogens (tertiary/aromatic N) is 2. The van der Waals surface area contributed by atoms with Crippen LogP contribution in [0.25, 0.3) is 0 Å². The summed E-state index contributed by atoms with van der Waals surface area (Å²) in [7, 11) is 0. The number of hydrogen-bond donors (Lipinski definition) is 3. The molecule has 31 heavy (non-hydrogen) atoms. The number of hydrogen-bond acceptors (Lipinski definition) is 9. The molecule has 2 aromatic heterocycles. The largest absolute Gasteiger partial charge is 0.481 e. The molecule has 1 fully saturated rings. The van der Waals surface area contributed by atoms with Gasteiger partial charge in [-0.15, -0.1) is 34.4 Å². The Morgan fingerprint density at radius 3 is 2.74 bits per heavy atom. The highest BCUT2D eigenvalue weighted by molar-refractivity contribution is 8.07. The van der Waals surface area contributed by atoms with Crippen LogP contribution in [0.15, 0.2) is 37.8 Å². The van der Waals surface area contributed by atoms with Gasteiger partial charge in [-0.2, -0.15) is 0 Å². The van der Waals surface area contributed by atoms with Crippen LogP contribution in [0.5, 0.6) is 0 Å². The molecule has 0 aromatic carbocycles. The predicted octanol–water partition coefficient (Wildman–Crippen LogP) is 1.86. The molecule has 2 amide bonds. The quantitative estimate of drug-likeness (QED) is 0.467. The van der Waals surface area contributed by atoms with E-state index in [2.05, 4.69) is 10.3 Å². The third kappa shape index (κ3) is 4.63. The molecule has 9 nitrogen and oxygen atoms in total. The number of aliphatic carboxylic acids is 2. The molecular formula is C18H15N3O6S4. The van der Waals surface area contributed by atoms with Gasteiger partial charge in [0.25, 0.3) is 5.91 Å². The van der Waals surface area contributed by atoms with Crippen molar-refractivity contribution in [3.8, 4) is 0 Å². The fraction of sp³-hybridized carbons (Fsp3) is 0.278. The van der Waals surface area contributed by atoms with Crippen molar-refractivity contribution < 1.29 is 29.4 Å². The Morgan fingerprint density at radius 2 is 2.06 bits per heavy atom. The van der Waals surface area contributed by atoms with Gasteiger partial charge in [0.1, 0.15) is 17.1 Å². The van der Waals surface area contributed by atoms with E-state index in [9.17, 15) is 24.3 Å². The van der Waals surface area contributed by atoms with Gasteiger partial charge in [0, 0.05) is 20.9 Å². The number of nitrogens with one attached hydrogen (secondary N) is 1. The molecule has 0 saturated carbocycles. The molecule has 0 radical (unpaired) electrons. The second kappa shape index (κ2) is 9.02. The van der Waals surface area contributed by atoms with E-state index < -0.39 is 29.3 Å². The van der Waals surface area contributed by atoms with Crippen LogP contribution in [0, 0.1) is 0 Å². The van der Waals surface area contributed by atoms with Crippen LogP contribution in [0.4, 0.5) is 0 Å². The van der Waals surface area contributed by atoms with Crippen molar-refractivity contribution >= 4 is 70.0 Å². The molecule has 13 heteroatoms. The molecule has 1 saturated heterocycles. The van der Waals surface area contributed by atoms with Crippen LogP contribution in [0.2, 0.25) is 0 Å². The maximum Gasteiger partial charge on any atom is 0.353 e. The van der Waals surface area contributed by atoms with E-state index in [4.69, 9.17) is 5.11 Å². The Morgan fingerprint density at radius 1 is 1.26 bits per heavy atom. The number of amides is 2. The van der Waals surface area contributed by atoms with Crippen molar-refractivity contribution in [2.24, 2.45) is 0 Å². The molecule has 4 heterocycles. The maximum absolute atomic E-state index is 12.7. The van der Waals surface area contributed by atoms with Crippen LogP contribution in [0.1, 0.15) is 10.6 Å². The molecule has 2 aliphatic rings. The van der Waals surface area contributed by atoms with Crippen molar-refractivity contribution in [2.75, 3.05) is 5.75 Å².